The van der Waals surface area contributed by atoms with Gasteiger partial charge >= 0.3 is 0 Å². The van der Waals surface area contributed by atoms with Gasteiger partial charge in [0, 0.05) is 24.8 Å². The highest BCUT2D eigenvalue weighted by molar-refractivity contribution is 5.54. The Hall–Kier alpha value is -1.16. The van der Waals surface area contributed by atoms with Gasteiger partial charge in [-0.05, 0) is 44.9 Å². The van der Waals surface area contributed by atoms with Crippen molar-refractivity contribution in [3.63, 3.8) is 0 Å². The maximum Gasteiger partial charge on any atom is 0.255 e. The van der Waals surface area contributed by atoms with Gasteiger partial charge in [-0.25, -0.2) is 8.78 Å². The van der Waals surface area contributed by atoms with Gasteiger partial charge in [0.05, 0.1) is 6.54 Å². The SMILES string of the molecule is Cc1cc(CNC(C)(C)C)ccc1N(C)CC(F)F. The fourth-order valence-corrected chi connectivity index (χ4v) is 1.93. The van der Waals surface area contributed by atoms with Gasteiger partial charge in [0.15, 0.2) is 0 Å². The van der Waals surface area contributed by atoms with Crippen LogP contribution in [0.5, 0.6) is 0 Å². The van der Waals surface area contributed by atoms with Crippen LogP contribution in [0.4, 0.5) is 14.5 Å². The lowest BCUT2D eigenvalue weighted by Crippen LogP contribution is -2.35. The van der Waals surface area contributed by atoms with Gasteiger partial charge in [-0.2, -0.15) is 0 Å². The number of rotatable bonds is 5. The maximum absolute atomic E-state index is 12.4. The molecule has 0 fully saturated rings. The maximum atomic E-state index is 12.4. The molecule has 1 aromatic carbocycles. The summed E-state index contributed by atoms with van der Waals surface area (Å²) in [7, 11) is 1.70. The molecule has 0 atom stereocenters. The Bertz CT molecular complexity index is 411. The molecule has 2 nitrogen and oxygen atoms in total. The summed E-state index contributed by atoms with van der Waals surface area (Å²) in [4.78, 5) is 1.60. The van der Waals surface area contributed by atoms with Gasteiger partial charge in [0.1, 0.15) is 0 Å². The van der Waals surface area contributed by atoms with E-state index < -0.39 is 6.43 Å². The second-order valence-electron chi connectivity index (χ2n) is 6.00. The number of alkyl halides is 2. The van der Waals surface area contributed by atoms with E-state index in [1.165, 1.54) is 5.56 Å². The summed E-state index contributed by atoms with van der Waals surface area (Å²) in [6.45, 7) is 8.85. The molecule has 0 aliphatic carbocycles. The van der Waals surface area contributed by atoms with Crippen LogP contribution in [0.15, 0.2) is 18.2 Å². The van der Waals surface area contributed by atoms with E-state index in [-0.39, 0.29) is 12.1 Å². The number of aryl methyl sites for hydroxylation is 1. The number of nitrogens with zero attached hydrogens (tertiary/aromatic N) is 1. The molecule has 0 amide bonds. The Kier molecular flexibility index (Phi) is 5.29. The van der Waals surface area contributed by atoms with Crippen LogP contribution in [0.3, 0.4) is 0 Å². The summed E-state index contributed by atoms with van der Waals surface area (Å²) in [5.74, 6) is 0. The third-order valence-corrected chi connectivity index (χ3v) is 2.91. The molecule has 1 aromatic rings. The van der Waals surface area contributed by atoms with Gasteiger partial charge < -0.3 is 10.2 Å². The minimum Gasteiger partial charge on any atom is -0.369 e. The van der Waals surface area contributed by atoms with E-state index in [2.05, 4.69) is 32.2 Å². The zero-order chi connectivity index (χ0) is 14.6. The van der Waals surface area contributed by atoms with E-state index in [1.807, 2.05) is 19.1 Å². The molecule has 0 aliphatic rings. The van der Waals surface area contributed by atoms with Crippen molar-refractivity contribution in [2.24, 2.45) is 0 Å². The largest absolute Gasteiger partial charge is 0.369 e. The van der Waals surface area contributed by atoms with Crippen LogP contribution in [0.2, 0.25) is 0 Å². The molecule has 0 unspecified atom stereocenters. The predicted octanol–water partition coefficient (Wildman–Crippen LogP) is 3.58. The Labute approximate surface area is 114 Å². The second kappa shape index (κ2) is 6.33. The van der Waals surface area contributed by atoms with Crippen LogP contribution in [0.25, 0.3) is 0 Å². The summed E-state index contributed by atoms with van der Waals surface area (Å²) in [6, 6.07) is 5.95. The lowest BCUT2D eigenvalue weighted by molar-refractivity contribution is 0.156. The highest BCUT2D eigenvalue weighted by Crippen LogP contribution is 2.21. The zero-order valence-corrected chi connectivity index (χ0v) is 12.4. The standard InChI is InChI=1S/C15H24F2N2/c1-11-8-12(9-18-15(2,3)4)6-7-13(11)19(5)10-14(16)17/h6-8,14,18H,9-10H2,1-5H3. The molecule has 108 valence electrons. The Morgan fingerprint density at radius 2 is 1.89 bits per heavy atom. The molecule has 0 spiro atoms. The molecule has 0 aliphatic heterocycles. The molecule has 4 heteroatoms. The van der Waals surface area contributed by atoms with E-state index in [0.717, 1.165) is 17.8 Å². The topological polar surface area (TPSA) is 15.3 Å². The molecular formula is C15H24F2N2. The zero-order valence-electron chi connectivity index (χ0n) is 12.4. The average Bonchev–Trinajstić information content (AvgIpc) is 2.24. The van der Waals surface area contributed by atoms with Crippen LogP contribution in [0, 0.1) is 6.92 Å². The summed E-state index contributed by atoms with van der Waals surface area (Å²) < 4.78 is 24.8. The Balaban J connectivity index is 2.74. The Morgan fingerprint density at radius 3 is 2.37 bits per heavy atom. The van der Waals surface area contributed by atoms with Gasteiger partial charge in [-0.15, -0.1) is 0 Å². The minimum atomic E-state index is -2.31. The van der Waals surface area contributed by atoms with Gasteiger partial charge in [0.25, 0.3) is 6.43 Å². The van der Waals surface area contributed by atoms with Crippen molar-refractivity contribution in [3.05, 3.63) is 29.3 Å². The lowest BCUT2D eigenvalue weighted by Gasteiger charge is -2.23. The fourth-order valence-electron chi connectivity index (χ4n) is 1.93. The first-order valence-corrected chi connectivity index (χ1v) is 6.53. The number of benzene rings is 1. The van der Waals surface area contributed by atoms with Crippen molar-refractivity contribution in [1.29, 1.82) is 0 Å². The van der Waals surface area contributed by atoms with E-state index in [4.69, 9.17) is 0 Å². The van der Waals surface area contributed by atoms with Crippen molar-refractivity contribution >= 4 is 5.69 Å². The molecule has 0 radical (unpaired) electrons. The monoisotopic (exact) mass is 270 g/mol. The first-order valence-electron chi connectivity index (χ1n) is 6.53. The third-order valence-electron chi connectivity index (χ3n) is 2.91. The quantitative estimate of drug-likeness (QED) is 0.879. The fraction of sp³-hybridized carbons (Fsp3) is 0.600. The predicted molar refractivity (Wildman–Crippen MR) is 77.0 cm³/mol. The van der Waals surface area contributed by atoms with Crippen LogP contribution >= 0.6 is 0 Å². The first kappa shape index (κ1) is 15.9. The molecule has 0 saturated carbocycles. The van der Waals surface area contributed by atoms with E-state index in [1.54, 1.807) is 11.9 Å². The van der Waals surface area contributed by atoms with Crippen molar-refractivity contribution in [2.75, 3.05) is 18.5 Å². The van der Waals surface area contributed by atoms with Crippen LogP contribution in [-0.2, 0) is 6.54 Å². The van der Waals surface area contributed by atoms with Crippen LogP contribution in [-0.4, -0.2) is 25.6 Å². The van der Waals surface area contributed by atoms with Gasteiger partial charge in [-0.3, -0.25) is 0 Å². The summed E-state index contributed by atoms with van der Waals surface area (Å²) >= 11 is 0. The van der Waals surface area contributed by atoms with Gasteiger partial charge in [0.2, 0.25) is 0 Å². The normalized spacial score (nSPS) is 12.0. The van der Waals surface area contributed by atoms with Crippen molar-refractivity contribution < 1.29 is 8.78 Å². The number of hydrogen-bond acceptors (Lipinski definition) is 2. The van der Waals surface area contributed by atoms with E-state index >= 15 is 0 Å². The minimum absolute atomic E-state index is 0.0685. The highest BCUT2D eigenvalue weighted by Gasteiger charge is 2.12. The molecule has 0 bridgehead atoms. The van der Waals surface area contributed by atoms with Crippen LogP contribution in [0.1, 0.15) is 31.9 Å². The summed E-state index contributed by atoms with van der Waals surface area (Å²) in [6.07, 6.45) is -2.31. The molecule has 19 heavy (non-hydrogen) atoms. The number of nitrogens with one attached hydrogen (secondary N) is 1. The van der Waals surface area contributed by atoms with E-state index in [9.17, 15) is 8.78 Å². The molecule has 0 aromatic heterocycles. The van der Waals surface area contributed by atoms with Crippen molar-refractivity contribution in [2.45, 2.75) is 46.2 Å². The molecule has 1 N–H and O–H groups in total. The summed E-state index contributed by atoms with van der Waals surface area (Å²) in [5.41, 5.74) is 3.12. The molecule has 0 saturated heterocycles. The molecule has 1 rings (SSSR count). The van der Waals surface area contributed by atoms with Gasteiger partial charge in [-0.1, -0.05) is 12.1 Å². The molecular weight excluding hydrogens is 246 g/mol. The number of halogens is 2. The highest BCUT2D eigenvalue weighted by atomic mass is 19.3. The first-order chi connectivity index (χ1) is 8.69. The summed E-state index contributed by atoms with van der Waals surface area (Å²) in [5, 5.41) is 3.41. The van der Waals surface area contributed by atoms with Crippen LogP contribution < -0.4 is 10.2 Å². The second-order valence-corrected chi connectivity index (χ2v) is 6.00. The smallest absolute Gasteiger partial charge is 0.255 e. The van der Waals surface area contributed by atoms with Crippen molar-refractivity contribution in [3.8, 4) is 0 Å². The number of anilines is 1. The lowest BCUT2D eigenvalue weighted by atomic mass is 10.1. The third kappa shape index (κ3) is 5.55. The molecule has 0 heterocycles. The average molecular weight is 270 g/mol. The Morgan fingerprint density at radius 1 is 1.26 bits per heavy atom. The van der Waals surface area contributed by atoms with Crippen molar-refractivity contribution in [1.82, 2.24) is 5.32 Å². The number of hydrogen-bond donors (Lipinski definition) is 1. The van der Waals surface area contributed by atoms with E-state index in [0.29, 0.717) is 0 Å².